The van der Waals surface area contributed by atoms with Crippen LogP contribution < -0.4 is 10.2 Å². The van der Waals surface area contributed by atoms with Crippen molar-refractivity contribution in [3.05, 3.63) is 41.0 Å². The first-order valence-electron chi connectivity index (χ1n) is 6.16. The van der Waals surface area contributed by atoms with E-state index in [2.05, 4.69) is 21.4 Å². The first kappa shape index (κ1) is 14.1. The number of rotatable bonds is 4. The number of para-hydroxylation sites is 1. The molecule has 20 heavy (non-hydrogen) atoms. The molecule has 0 spiro atoms. The molecule has 1 heterocycles. The van der Waals surface area contributed by atoms with E-state index in [-0.39, 0.29) is 0 Å². The highest BCUT2D eigenvalue weighted by Gasteiger charge is 2.14. The topological polar surface area (TPSA) is 64.8 Å². The number of aromatic nitrogens is 2. The maximum Gasteiger partial charge on any atom is 0.224 e. The van der Waals surface area contributed by atoms with E-state index in [1.165, 1.54) is 0 Å². The zero-order valence-electron chi connectivity index (χ0n) is 11.3. The van der Waals surface area contributed by atoms with E-state index < -0.39 is 0 Å². The van der Waals surface area contributed by atoms with E-state index in [1.807, 2.05) is 32.2 Å². The number of nitrogens with zero attached hydrogens (tertiary/aromatic N) is 4. The number of hydrogen-bond donors (Lipinski definition) is 1. The van der Waals surface area contributed by atoms with Crippen molar-refractivity contribution in [3.63, 3.8) is 0 Å². The maximum absolute atomic E-state index is 9.17. The van der Waals surface area contributed by atoms with Crippen molar-refractivity contribution < 1.29 is 0 Å². The Hall–Kier alpha value is -2.32. The molecule has 0 bridgehead atoms. The number of anilines is 3. The Balaban J connectivity index is 2.45. The fourth-order valence-corrected chi connectivity index (χ4v) is 2.03. The van der Waals surface area contributed by atoms with Crippen LogP contribution in [0.4, 0.5) is 17.5 Å². The lowest BCUT2D eigenvalue weighted by molar-refractivity contribution is 1.05. The lowest BCUT2D eigenvalue weighted by Crippen LogP contribution is -2.15. The van der Waals surface area contributed by atoms with Gasteiger partial charge < -0.3 is 10.2 Å². The Bertz CT molecular complexity index is 650. The molecule has 0 aliphatic heterocycles. The Morgan fingerprint density at radius 1 is 1.40 bits per heavy atom. The quantitative estimate of drug-likeness (QED) is 0.935. The molecule has 2 aromatic rings. The summed E-state index contributed by atoms with van der Waals surface area (Å²) in [5, 5.41) is 12.6. The highest BCUT2D eigenvalue weighted by molar-refractivity contribution is 6.33. The average molecular weight is 288 g/mol. The summed E-state index contributed by atoms with van der Waals surface area (Å²) in [5.41, 5.74) is 1.31. The van der Waals surface area contributed by atoms with E-state index in [0.29, 0.717) is 22.4 Å². The second kappa shape index (κ2) is 6.22. The minimum absolute atomic E-state index is 0.432. The van der Waals surface area contributed by atoms with Gasteiger partial charge in [-0.05, 0) is 19.1 Å². The van der Waals surface area contributed by atoms with Crippen LogP contribution in [0.25, 0.3) is 0 Å². The van der Waals surface area contributed by atoms with Gasteiger partial charge in [0.15, 0.2) is 5.82 Å². The van der Waals surface area contributed by atoms with Crippen molar-refractivity contribution in [1.82, 2.24) is 9.97 Å². The van der Waals surface area contributed by atoms with Crippen LogP contribution in [-0.2, 0) is 0 Å². The summed E-state index contributed by atoms with van der Waals surface area (Å²) in [6.07, 6.45) is 1.55. The van der Waals surface area contributed by atoms with E-state index in [0.717, 1.165) is 12.2 Å². The van der Waals surface area contributed by atoms with Crippen molar-refractivity contribution in [2.75, 3.05) is 23.8 Å². The molecule has 0 atom stereocenters. The summed E-state index contributed by atoms with van der Waals surface area (Å²) in [7, 11) is 1.82. The molecule has 102 valence electrons. The monoisotopic (exact) mass is 287 g/mol. The van der Waals surface area contributed by atoms with Crippen molar-refractivity contribution >= 4 is 29.1 Å². The number of nitrogens with one attached hydrogen (secondary N) is 1. The molecule has 0 unspecified atom stereocenters. The minimum Gasteiger partial charge on any atom is -0.354 e. The molecule has 0 aliphatic carbocycles. The Morgan fingerprint density at radius 3 is 2.85 bits per heavy atom. The smallest absolute Gasteiger partial charge is 0.224 e. The van der Waals surface area contributed by atoms with Gasteiger partial charge in [-0.1, -0.05) is 23.7 Å². The first-order valence-corrected chi connectivity index (χ1v) is 6.54. The van der Waals surface area contributed by atoms with Crippen LogP contribution in [0.15, 0.2) is 30.5 Å². The fraction of sp³-hybridized carbons (Fsp3) is 0.214. The Kier molecular flexibility index (Phi) is 4.38. The number of benzene rings is 1. The minimum atomic E-state index is 0.432. The van der Waals surface area contributed by atoms with Gasteiger partial charge in [0.2, 0.25) is 5.95 Å². The van der Waals surface area contributed by atoms with Crippen LogP contribution >= 0.6 is 11.6 Å². The summed E-state index contributed by atoms with van der Waals surface area (Å²) >= 11 is 6.16. The highest BCUT2D eigenvalue weighted by Crippen LogP contribution is 2.30. The third kappa shape index (κ3) is 2.81. The average Bonchev–Trinajstić information content (AvgIpc) is 2.48. The van der Waals surface area contributed by atoms with Gasteiger partial charge in [-0.2, -0.15) is 10.2 Å². The van der Waals surface area contributed by atoms with Crippen LogP contribution in [0.2, 0.25) is 5.02 Å². The third-order valence-electron chi connectivity index (χ3n) is 2.76. The first-order chi connectivity index (χ1) is 9.67. The normalized spacial score (nSPS) is 9.90. The lowest BCUT2D eigenvalue weighted by Gasteiger charge is -2.20. The van der Waals surface area contributed by atoms with E-state index in [1.54, 1.807) is 17.2 Å². The molecule has 0 fully saturated rings. The molecule has 2 rings (SSSR count). The van der Waals surface area contributed by atoms with Crippen LogP contribution in [0, 0.1) is 11.3 Å². The number of nitriles is 1. The second-order valence-corrected chi connectivity index (χ2v) is 4.49. The van der Waals surface area contributed by atoms with Crippen molar-refractivity contribution in [2.24, 2.45) is 0 Å². The van der Waals surface area contributed by atoms with Crippen LogP contribution in [0.1, 0.15) is 12.5 Å². The molecule has 0 amide bonds. The Labute approximate surface area is 122 Å². The van der Waals surface area contributed by atoms with Crippen LogP contribution in [0.3, 0.4) is 0 Å². The zero-order valence-corrected chi connectivity index (χ0v) is 12.0. The van der Waals surface area contributed by atoms with Crippen LogP contribution in [-0.4, -0.2) is 23.6 Å². The molecular formula is C14H14ClN5. The van der Waals surface area contributed by atoms with Crippen molar-refractivity contribution in [3.8, 4) is 6.07 Å². The van der Waals surface area contributed by atoms with Gasteiger partial charge in [0.1, 0.15) is 11.1 Å². The molecule has 0 saturated heterocycles. The molecule has 1 N–H and O–H groups in total. The van der Waals surface area contributed by atoms with Gasteiger partial charge >= 0.3 is 0 Å². The molecule has 0 saturated carbocycles. The highest BCUT2D eigenvalue weighted by atomic mass is 35.5. The van der Waals surface area contributed by atoms with Crippen LogP contribution in [0.5, 0.6) is 0 Å². The molecule has 1 aromatic heterocycles. The predicted octanol–water partition coefficient (Wildman–Crippen LogP) is 3.20. The molecule has 1 aromatic carbocycles. The van der Waals surface area contributed by atoms with Gasteiger partial charge in [0, 0.05) is 13.6 Å². The largest absolute Gasteiger partial charge is 0.354 e. The molecule has 0 aliphatic rings. The summed E-state index contributed by atoms with van der Waals surface area (Å²) in [5.74, 6) is 1.06. The predicted molar refractivity (Wildman–Crippen MR) is 80.4 cm³/mol. The molecule has 6 heteroatoms. The third-order valence-corrected chi connectivity index (χ3v) is 3.03. The summed E-state index contributed by atoms with van der Waals surface area (Å²) in [6, 6.07) is 9.46. The summed E-state index contributed by atoms with van der Waals surface area (Å²) in [6.45, 7) is 2.69. The number of hydrogen-bond acceptors (Lipinski definition) is 5. The van der Waals surface area contributed by atoms with Gasteiger partial charge in [0.25, 0.3) is 0 Å². The second-order valence-electron chi connectivity index (χ2n) is 4.08. The van der Waals surface area contributed by atoms with Gasteiger partial charge in [-0.25, -0.2) is 4.98 Å². The van der Waals surface area contributed by atoms with Crippen molar-refractivity contribution in [1.29, 1.82) is 5.26 Å². The fourth-order valence-electron chi connectivity index (χ4n) is 1.81. The molecule has 5 nitrogen and oxygen atoms in total. The standard InChI is InChI=1S/C14H14ClN5/c1-3-17-14-18-9-11(15)13(19-14)20(2)12-7-5-4-6-10(12)8-16/h4-7,9H,3H2,1-2H3,(H,17,18,19). The van der Waals surface area contributed by atoms with Gasteiger partial charge in [0.05, 0.1) is 17.4 Å². The van der Waals surface area contributed by atoms with Gasteiger partial charge in [-0.15, -0.1) is 0 Å². The summed E-state index contributed by atoms with van der Waals surface area (Å²) in [4.78, 5) is 10.3. The number of halogens is 1. The van der Waals surface area contributed by atoms with E-state index in [9.17, 15) is 0 Å². The molecule has 0 radical (unpaired) electrons. The SMILES string of the molecule is CCNc1ncc(Cl)c(N(C)c2ccccc2C#N)n1. The molecular weight excluding hydrogens is 274 g/mol. The maximum atomic E-state index is 9.17. The van der Waals surface area contributed by atoms with Crippen molar-refractivity contribution in [2.45, 2.75) is 6.92 Å². The summed E-state index contributed by atoms with van der Waals surface area (Å²) < 4.78 is 0. The van der Waals surface area contributed by atoms with E-state index in [4.69, 9.17) is 16.9 Å². The van der Waals surface area contributed by atoms with E-state index >= 15 is 0 Å². The Morgan fingerprint density at radius 2 is 2.15 bits per heavy atom. The van der Waals surface area contributed by atoms with Gasteiger partial charge in [-0.3, -0.25) is 0 Å². The zero-order chi connectivity index (χ0) is 14.5. The lowest BCUT2D eigenvalue weighted by atomic mass is 10.2.